The first-order valence-electron chi connectivity index (χ1n) is 6.44. The van der Waals surface area contributed by atoms with E-state index in [0.29, 0.717) is 12.2 Å². The fourth-order valence-electron chi connectivity index (χ4n) is 2.42. The number of nitrogens with zero attached hydrogens (tertiary/aromatic N) is 2. The zero-order valence-electron chi connectivity index (χ0n) is 11.3. The molecule has 0 spiro atoms. The van der Waals surface area contributed by atoms with Crippen LogP contribution in [-0.2, 0) is 6.18 Å². The van der Waals surface area contributed by atoms with Crippen molar-refractivity contribution >= 4 is 5.69 Å². The Morgan fingerprint density at radius 2 is 2.05 bits per heavy atom. The minimum Gasteiger partial charge on any atom is -0.366 e. The maximum atomic E-state index is 13.0. The predicted octanol–water partition coefficient (Wildman–Crippen LogP) is 2.76. The van der Waals surface area contributed by atoms with Gasteiger partial charge in [0.2, 0.25) is 0 Å². The van der Waals surface area contributed by atoms with Gasteiger partial charge in [0, 0.05) is 30.9 Å². The number of anilines is 1. The topological polar surface area (TPSA) is 39.1 Å². The van der Waals surface area contributed by atoms with Crippen molar-refractivity contribution in [2.45, 2.75) is 32.1 Å². The van der Waals surface area contributed by atoms with Crippen molar-refractivity contribution in [2.24, 2.45) is 0 Å². The lowest BCUT2D eigenvalue weighted by molar-refractivity contribution is -0.137. The average molecular weight is 283 g/mol. The Kier molecular flexibility index (Phi) is 3.91. The molecule has 108 valence electrons. The summed E-state index contributed by atoms with van der Waals surface area (Å²) in [4.78, 5) is 1.94. The average Bonchev–Trinajstić information content (AvgIpc) is 2.40. The fourth-order valence-corrected chi connectivity index (χ4v) is 2.42. The molecule has 1 aliphatic rings. The second kappa shape index (κ2) is 5.33. The van der Waals surface area contributed by atoms with Gasteiger partial charge in [-0.05, 0) is 32.0 Å². The van der Waals surface area contributed by atoms with Gasteiger partial charge in [0.15, 0.2) is 0 Å². The first kappa shape index (κ1) is 14.7. The molecule has 1 aromatic carbocycles. The van der Waals surface area contributed by atoms with E-state index in [9.17, 15) is 13.2 Å². The number of hydrogen-bond donors (Lipinski definition) is 1. The number of nitriles is 1. The molecule has 0 radical (unpaired) electrons. The van der Waals surface area contributed by atoms with Gasteiger partial charge in [-0.15, -0.1) is 0 Å². The van der Waals surface area contributed by atoms with Gasteiger partial charge < -0.3 is 10.2 Å². The summed E-state index contributed by atoms with van der Waals surface area (Å²) >= 11 is 0. The Morgan fingerprint density at radius 3 is 2.65 bits per heavy atom. The first-order valence-corrected chi connectivity index (χ1v) is 6.44. The summed E-state index contributed by atoms with van der Waals surface area (Å²) in [5.41, 5.74) is -0.690. The molecule has 2 rings (SSSR count). The molecule has 0 amide bonds. The highest BCUT2D eigenvalue weighted by atomic mass is 19.4. The van der Waals surface area contributed by atoms with Crippen LogP contribution in [-0.4, -0.2) is 25.2 Å². The Morgan fingerprint density at radius 1 is 1.35 bits per heavy atom. The van der Waals surface area contributed by atoms with Crippen LogP contribution in [0.3, 0.4) is 0 Å². The van der Waals surface area contributed by atoms with Gasteiger partial charge in [-0.2, -0.15) is 18.4 Å². The molecule has 3 nitrogen and oxygen atoms in total. The van der Waals surface area contributed by atoms with Crippen LogP contribution in [0.5, 0.6) is 0 Å². The largest absolute Gasteiger partial charge is 0.417 e. The van der Waals surface area contributed by atoms with Gasteiger partial charge >= 0.3 is 6.18 Å². The second-order valence-electron chi connectivity index (χ2n) is 5.15. The number of hydrogen-bond acceptors (Lipinski definition) is 3. The van der Waals surface area contributed by atoms with Crippen LogP contribution in [0, 0.1) is 11.3 Å². The van der Waals surface area contributed by atoms with E-state index in [0.717, 1.165) is 12.6 Å². The number of halogens is 3. The molecule has 1 N–H and O–H groups in total. The van der Waals surface area contributed by atoms with E-state index in [1.165, 1.54) is 6.07 Å². The smallest absolute Gasteiger partial charge is 0.366 e. The maximum absolute atomic E-state index is 13.0. The maximum Gasteiger partial charge on any atom is 0.417 e. The highest BCUT2D eigenvalue weighted by molar-refractivity contribution is 5.55. The molecule has 1 fully saturated rings. The minimum atomic E-state index is -4.51. The van der Waals surface area contributed by atoms with Crippen molar-refractivity contribution in [1.82, 2.24) is 5.32 Å². The molecular weight excluding hydrogens is 267 g/mol. The van der Waals surface area contributed by atoms with E-state index in [4.69, 9.17) is 5.26 Å². The molecule has 0 aliphatic carbocycles. The molecule has 2 atom stereocenters. The molecule has 0 aromatic heterocycles. The summed E-state index contributed by atoms with van der Waals surface area (Å²) in [5.74, 6) is 0. The lowest BCUT2D eigenvalue weighted by Crippen LogP contribution is -2.54. The Labute approximate surface area is 116 Å². The van der Waals surface area contributed by atoms with Gasteiger partial charge in [0.1, 0.15) is 0 Å². The molecular formula is C14H16F3N3. The van der Waals surface area contributed by atoms with Crippen molar-refractivity contribution < 1.29 is 13.2 Å². The summed E-state index contributed by atoms with van der Waals surface area (Å²) in [6.07, 6.45) is -4.51. The number of nitrogens with one attached hydrogen (secondary N) is 1. The van der Waals surface area contributed by atoms with Crippen LogP contribution in [0.4, 0.5) is 18.9 Å². The van der Waals surface area contributed by atoms with Crippen LogP contribution in [0.2, 0.25) is 0 Å². The normalized spacial score (nSPS) is 23.5. The third kappa shape index (κ3) is 2.88. The van der Waals surface area contributed by atoms with Gasteiger partial charge in [-0.3, -0.25) is 0 Å². The van der Waals surface area contributed by atoms with Crippen molar-refractivity contribution in [3.05, 3.63) is 29.3 Å². The standard InChI is InChI=1S/C14H16F3N3/c1-9-8-20(10(2)7-19-9)12-4-3-11(6-18)13(5-12)14(15,16)17/h3-5,9-10,19H,7-8H2,1-2H3. The summed E-state index contributed by atoms with van der Waals surface area (Å²) in [6, 6.07) is 5.84. The molecule has 1 aliphatic heterocycles. The quantitative estimate of drug-likeness (QED) is 0.861. The lowest BCUT2D eigenvalue weighted by Gasteiger charge is -2.39. The van der Waals surface area contributed by atoms with Crippen LogP contribution in [0.25, 0.3) is 0 Å². The van der Waals surface area contributed by atoms with E-state index >= 15 is 0 Å². The first-order chi connectivity index (χ1) is 9.32. The van der Waals surface area contributed by atoms with Gasteiger partial charge in [-0.25, -0.2) is 0 Å². The van der Waals surface area contributed by atoms with E-state index in [2.05, 4.69) is 5.32 Å². The van der Waals surface area contributed by atoms with Crippen LogP contribution in [0.1, 0.15) is 25.0 Å². The Hall–Kier alpha value is -1.74. The molecule has 0 bridgehead atoms. The number of alkyl halides is 3. The fraction of sp³-hybridized carbons (Fsp3) is 0.500. The van der Waals surface area contributed by atoms with Crippen LogP contribution in [0.15, 0.2) is 18.2 Å². The SMILES string of the molecule is CC1CN(c2ccc(C#N)c(C(F)(F)F)c2)C(C)CN1. The molecule has 1 saturated heterocycles. The number of benzene rings is 1. The molecule has 1 heterocycles. The minimum absolute atomic E-state index is 0.111. The van der Waals surface area contributed by atoms with Gasteiger partial charge in [0.05, 0.1) is 17.2 Å². The van der Waals surface area contributed by atoms with Crippen molar-refractivity contribution in [3.63, 3.8) is 0 Å². The van der Waals surface area contributed by atoms with E-state index in [-0.39, 0.29) is 17.6 Å². The van der Waals surface area contributed by atoms with E-state index < -0.39 is 11.7 Å². The van der Waals surface area contributed by atoms with E-state index in [1.807, 2.05) is 18.7 Å². The molecule has 6 heteroatoms. The van der Waals surface area contributed by atoms with Crippen molar-refractivity contribution in [1.29, 1.82) is 5.26 Å². The Bertz CT molecular complexity index is 533. The highest BCUT2D eigenvalue weighted by Crippen LogP contribution is 2.35. The predicted molar refractivity (Wildman–Crippen MR) is 70.4 cm³/mol. The van der Waals surface area contributed by atoms with Crippen LogP contribution < -0.4 is 10.2 Å². The number of piperazine rings is 1. The van der Waals surface area contributed by atoms with Gasteiger partial charge in [-0.1, -0.05) is 0 Å². The molecule has 2 unspecified atom stereocenters. The number of rotatable bonds is 1. The lowest BCUT2D eigenvalue weighted by atomic mass is 10.0. The Balaban J connectivity index is 2.41. The van der Waals surface area contributed by atoms with E-state index in [1.54, 1.807) is 12.1 Å². The third-order valence-corrected chi connectivity index (χ3v) is 3.52. The third-order valence-electron chi connectivity index (χ3n) is 3.52. The van der Waals surface area contributed by atoms with Crippen molar-refractivity contribution in [2.75, 3.05) is 18.0 Å². The highest BCUT2D eigenvalue weighted by Gasteiger charge is 2.35. The summed E-state index contributed by atoms with van der Waals surface area (Å²) in [7, 11) is 0. The second-order valence-corrected chi connectivity index (χ2v) is 5.15. The summed E-state index contributed by atoms with van der Waals surface area (Å²) in [5, 5.41) is 12.1. The monoisotopic (exact) mass is 283 g/mol. The summed E-state index contributed by atoms with van der Waals surface area (Å²) in [6.45, 7) is 5.32. The van der Waals surface area contributed by atoms with Gasteiger partial charge in [0.25, 0.3) is 0 Å². The molecule has 20 heavy (non-hydrogen) atoms. The molecule has 1 aromatic rings. The zero-order valence-corrected chi connectivity index (χ0v) is 11.3. The van der Waals surface area contributed by atoms with Crippen LogP contribution >= 0.6 is 0 Å². The van der Waals surface area contributed by atoms with Crippen molar-refractivity contribution in [3.8, 4) is 6.07 Å². The molecule has 0 saturated carbocycles. The zero-order chi connectivity index (χ0) is 14.9. The summed E-state index contributed by atoms with van der Waals surface area (Å²) < 4.78 is 38.9.